The van der Waals surface area contributed by atoms with Crippen molar-refractivity contribution in [2.24, 2.45) is 0 Å². The summed E-state index contributed by atoms with van der Waals surface area (Å²) >= 11 is 0. The zero-order valence-corrected chi connectivity index (χ0v) is 44.8. The smallest absolute Gasteiger partial charge is 0.160 e. The van der Waals surface area contributed by atoms with Crippen molar-refractivity contribution in [1.29, 1.82) is 0 Å². The van der Waals surface area contributed by atoms with Crippen molar-refractivity contribution in [1.82, 2.24) is 28.2 Å². The molecule has 0 aliphatic carbocycles. The molecule has 16 aromatic rings. The van der Waals surface area contributed by atoms with Crippen LogP contribution in [-0.4, -0.2) is 28.2 Å². The van der Waals surface area contributed by atoms with Gasteiger partial charge in [0, 0.05) is 82.5 Å². The van der Waals surface area contributed by atoms with Gasteiger partial charge in [0.2, 0.25) is 0 Å². The predicted octanol–water partition coefficient (Wildman–Crippen LogP) is 19.1. The molecule has 0 fully saturated rings. The highest BCUT2D eigenvalue weighted by atomic mass is 15.0. The first-order valence-electron chi connectivity index (χ1n) is 27.6. The molecular weight excluding hydrogens is 973 g/mol. The maximum Gasteiger partial charge on any atom is 0.160 e. The van der Waals surface area contributed by atoms with E-state index in [0.717, 1.165) is 73.1 Å². The number of aryl methyl sites for hydroxylation is 4. The molecule has 0 aliphatic heterocycles. The van der Waals surface area contributed by atoms with Crippen molar-refractivity contribution in [2.75, 3.05) is 0 Å². The molecule has 80 heavy (non-hydrogen) atoms. The summed E-state index contributed by atoms with van der Waals surface area (Å²) in [7, 11) is 0. The lowest BCUT2D eigenvalue weighted by Crippen LogP contribution is -2.03. The van der Waals surface area contributed by atoms with E-state index in [1.54, 1.807) is 0 Å². The molecule has 6 heteroatoms. The molecule has 378 valence electrons. The SMILES string of the molecule is Cc1cc(-n2c3ccccc3c3cc(-n4c5ccccc5c5ccccc54)ccc32)c(C)cc1-c1cc(-c2cc(C)c(-n3c4ccccc4c4cc(-n5c6ccccc6c6ccccc65)ccc43)cc2C)nc(-c2ccccc2)n1. The van der Waals surface area contributed by atoms with Crippen LogP contribution in [0.15, 0.2) is 243 Å². The Kier molecular flexibility index (Phi) is 10.1. The van der Waals surface area contributed by atoms with Crippen LogP contribution in [0.3, 0.4) is 0 Å². The van der Waals surface area contributed by atoms with E-state index in [-0.39, 0.29) is 0 Å². The second-order valence-corrected chi connectivity index (χ2v) is 21.6. The minimum absolute atomic E-state index is 0.697. The van der Waals surface area contributed by atoms with Gasteiger partial charge < -0.3 is 18.3 Å². The molecule has 11 aromatic carbocycles. The van der Waals surface area contributed by atoms with Crippen LogP contribution >= 0.6 is 0 Å². The summed E-state index contributed by atoms with van der Waals surface area (Å²) in [4.78, 5) is 10.8. The van der Waals surface area contributed by atoms with Crippen LogP contribution in [0.1, 0.15) is 22.3 Å². The fraction of sp³-hybridized carbons (Fsp3) is 0.0541. The molecule has 0 amide bonds. The van der Waals surface area contributed by atoms with Gasteiger partial charge in [0.05, 0.1) is 55.5 Å². The Balaban J connectivity index is 0.814. The van der Waals surface area contributed by atoms with Crippen molar-refractivity contribution in [3.8, 4) is 56.7 Å². The molecule has 0 saturated heterocycles. The van der Waals surface area contributed by atoms with Gasteiger partial charge in [0.25, 0.3) is 0 Å². The molecule has 0 atom stereocenters. The molecule has 5 heterocycles. The minimum atomic E-state index is 0.697. The lowest BCUT2D eigenvalue weighted by Gasteiger charge is -2.18. The van der Waals surface area contributed by atoms with Crippen LogP contribution in [0, 0.1) is 27.7 Å². The summed E-state index contributed by atoms with van der Waals surface area (Å²) in [5.74, 6) is 0.697. The molecule has 16 rings (SSSR count). The Morgan fingerprint density at radius 1 is 0.250 bits per heavy atom. The summed E-state index contributed by atoms with van der Waals surface area (Å²) in [6.07, 6.45) is 0. The first-order valence-corrected chi connectivity index (χ1v) is 27.6. The zero-order valence-electron chi connectivity index (χ0n) is 44.8. The van der Waals surface area contributed by atoms with Gasteiger partial charge in [0.1, 0.15) is 0 Å². The van der Waals surface area contributed by atoms with Crippen LogP contribution < -0.4 is 0 Å². The van der Waals surface area contributed by atoms with Gasteiger partial charge >= 0.3 is 0 Å². The fourth-order valence-electron chi connectivity index (χ4n) is 13.2. The van der Waals surface area contributed by atoms with Crippen molar-refractivity contribution >= 4 is 87.2 Å². The summed E-state index contributed by atoms with van der Waals surface area (Å²) in [6, 6.07) is 88.4. The third kappa shape index (κ3) is 6.85. The number of hydrogen-bond donors (Lipinski definition) is 0. The van der Waals surface area contributed by atoms with E-state index in [4.69, 9.17) is 9.97 Å². The standard InChI is InChI=1S/C74H52N6/c1-45-40-72(79-68-32-18-12-26-56(68)60-42-50(34-36-70(60)79)77-64-28-14-8-22-52(64)53-23-9-15-29-65(53)77)47(3)38-58(45)62-44-63(76-74(75-62)49-20-6-5-7-21-49)59-39-48(4)73(41-46(59)2)80-69-33-19-13-27-57(69)61-43-51(35-37-71(61)80)78-66-30-16-10-24-54(66)55-25-11-17-31-67(55)78/h5-44H,1-4H3. The topological polar surface area (TPSA) is 45.5 Å². The van der Waals surface area contributed by atoms with E-state index in [1.165, 1.54) is 87.2 Å². The van der Waals surface area contributed by atoms with Crippen molar-refractivity contribution in [3.05, 3.63) is 265 Å². The Morgan fingerprint density at radius 3 is 0.938 bits per heavy atom. The lowest BCUT2D eigenvalue weighted by atomic mass is 9.96. The number of rotatable bonds is 7. The number of nitrogens with zero attached hydrogens (tertiary/aromatic N) is 6. The molecule has 0 radical (unpaired) electrons. The van der Waals surface area contributed by atoms with Gasteiger partial charge in [-0.3, -0.25) is 0 Å². The fourth-order valence-corrected chi connectivity index (χ4v) is 13.2. The summed E-state index contributed by atoms with van der Waals surface area (Å²) in [5.41, 5.74) is 23.6. The molecular formula is C74H52N6. The summed E-state index contributed by atoms with van der Waals surface area (Å²) < 4.78 is 9.71. The van der Waals surface area contributed by atoms with E-state index >= 15 is 0 Å². The number of benzene rings is 11. The second-order valence-electron chi connectivity index (χ2n) is 21.6. The molecule has 0 aliphatic rings. The van der Waals surface area contributed by atoms with E-state index in [2.05, 4.69) is 283 Å². The third-order valence-electron chi connectivity index (χ3n) is 16.9. The van der Waals surface area contributed by atoms with Crippen molar-refractivity contribution in [2.45, 2.75) is 27.7 Å². The van der Waals surface area contributed by atoms with Gasteiger partial charge in [-0.1, -0.05) is 140 Å². The second kappa shape index (κ2) is 17.6. The first-order chi connectivity index (χ1) is 39.3. The Morgan fingerprint density at radius 2 is 0.562 bits per heavy atom. The van der Waals surface area contributed by atoms with Gasteiger partial charge in [0.15, 0.2) is 5.82 Å². The maximum atomic E-state index is 5.38. The van der Waals surface area contributed by atoms with Crippen LogP contribution in [-0.2, 0) is 0 Å². The number of para-hydroxylation sites is 6. The molecule has 5 aromatic heterocycles. The monoisotopic (exact) mass is 1020 g/mol. The number of hydrogen-bond acceptors (Lipinski definition) is 2. The molecule has 6 nitrogen and oxygen atoms in total. The zero-order chi connectivity index (χ0) is 53.3. The van der Waals surface area contributed by atoms with Gasteiger partial charge in [-0.05, 0) is 153 Å². The van der Waals surface area contributed by atoms with Gasteiger partial charge in [-0.2, -0.15) is 0 Å². The molecule has 0 unspecified atom stereocenters. The van der Waals surface area contributed by atoms with Crippen molar-refractivity contribution in [3.63, 3.8) is 0 Å². The van der Waals surface area contributed by atoms with Crippen LogP contribution in [0.2, 0.25) is 0 Å². The van der Waals surface area contributed by atoms with Gasteiger partial charge in [-0.15, -0.1) is 0 Å². The average molecular weight is 1030 g/mol. The number of fused-ring (bicyclic) bond motifs is 12. The van der Waals surface area contributed by atoms with Crippen LogP contribution in [0.25, 0.3) is 144 Å². The molecule has 0 spiro atoms. The van der Waals surface area contributed by atoms with Crippen LogP contribution in [0.4, 0.5) is 0 Å². The van der Waals surface area contributed by atoms with Crippen LogP contribution in [0.5, 0.6) is 0 Å². The van der Waals surface area contributed by atoms with Crippen molar-refractivity contribution < 1.29 is 0 Å². The van der Waals surface area contributed by atoms with E-state index in [9.17, 15) is 0 Å². The van der Waals surface area contributed by atoms with E-state index < -0.39 is 0 Å². The maximum absolute atomic E-state index is 5.38. The first kappa shape index (κ1) is 45.9. The molecule has 0 saturated carbocycles. The number of aromatic nitrogens is 6. The lowest BCUT2D eigenvalue weighted by molar-refractivity contribution is 1.12. The minimum Gasteiger partial charge on any atom is -0.309 e. The largest absolute Gasteiger partial charge is 0.309 e. The highest BCUT2D eigenvalue weighted by Gasteiger charge is 2.22. The quantitative estimate of drug-likeness (QED) is 0.160. The molecule has 0 N–H and O–H groups in total. The van der Waals surface area contributed by atoms with E-state index in [0.29, 0.717) is 5.82 Å². The Hall–Kier alpha value is -10.3. The Bertz CT molecular complexity index is 4830. The third-order valence-corrected chi connectivity index (χ3v) is 16.9. The highest BCUT2D eigenvalue weighted by molar-refractivity contribution is 6.14. The normalized spacial score (nSPS) is 12.0. The van der Waals surface area contributed by atoms with Gasteiger partial charge in [-0.25, -0.2) is 9.97 Å². The van der Waals surface area contributed by atoms with E-state index in [1.807, 2.05) is 6.07 Å². The summed E-state index contributed by atoms with van der Waals surface area (Å²) in [5, 5.41) is 9.91. The average Bonchev–Trinajstić information content (AvgIpc) is 4.44. The highest BCUT2D eigenvalue weighted by Crippen LogP contribution is 2.42. The Labute approximate surface area is 462 Å². The predicted molar refractivity (Wildman–Crippen MR) is 335 cm³/mol. The summed E-state index contributed by atoms with van der Waals surface area (Å²) in [6.45, 7) is 8.91. The molecule has 0 bridgehead atoms.